The Morgan fingerprint density at radius 3 is 2.44 bits per heavy atom. The fraction of sp³-hybridized carbons (Fsp3) is 0.533. The molecule has 1 unspecified atom stereocenters. The van der Waals surface area contributed by atoms with E-state index in [1.807, 2.05) is 23.1 Å². The van der Waals surface area contributed by atoms with Gasteiger partial charge in [-0.05, 0) is 18.9 Å². The third-order valence-corrected chi connectivity index (χ3v) is 3.73. The summed E-state index contributed by atoms with van der Waals surface area (Å²) in [5, 5.41) is 3.23. The van der Waals surface area contributed by atoms with Gasteiger partial charge in [-0.15, -0.1) is 0 Å². The van der Waals surface area contributed by atoms with Crippen molar-refractivity contribution < 1.29 is 4.79 Å². The van der Waals surface area contributed by atoms with E-state index in [-0.39, 0.29) is 11.8 Å². The normalized spacial score (nSPS) is 17.0. The molecule has 98 valence electrons. The molecule has 1 aliphatic heterocycles. The van der Waals surface area contributed by atoms with Crippen LogP contribution in [0.5, 0.6) is 0 Å². The molecule has 1 atom stereocenters. The predicted molar refractivity (Wildman–Crippen MR) is 73.5 cm³/mol. The van der Waals surface area contributed by atoms with E-state index in [2.05, 4.69) is 31.3 Å². The maximum absolute atomic E-state index is 12.6. The molecule has 1 fully saturated rings. The molecular weight excluding hydrogens is 224 g/mol. The van der Waals surface area contributed by atoms with Gasteiger partial charge in [-0.25, -0.2) is 0 Å². The topological polar surface area (TPSA) is 32.3 Å². The van der Waals surface area contributed by atoms with E-state index in [0.717, 1.165) is 31.6 Å². The summed E-state index contributed by atoms with van der Waals surface area (Å²) in [5.41, 5.74) is 1.13. The molecule has 0 aliphatic carbocycles. The van der Waals surface area contributed by atoms with Crippen LogP contribution in [0.15, 0.2) is 30.3 Å². The molecule has 1 aromatic carbocycles. The largest absolute Gasteiger partial charge is 0.337 e. The Hall–Kier alpha value is -1.35. The Morgan fingerprint density at radius 1 is 1.33 bits per heavy atom. The lowest BCUT2D eigenvalue weighted by Gasteiger charge is -2.39. The van der Waals surface area contributed by atoms with Gasteiger partial charge < -0.3 is 10.2 Å². The predicted octanol–water partition coefficient (Wildman–Crippen LogP) is 2.00. The number of amides is 1. The summed E-state index contributed by atoms with van der Waals surface area (Å²) in [6.07, 6.45) is 0.861. The molecule has 0 bridgehead atoms. The average Bonchev–Trinajstić information content (AvgIpc) is 2.35. The molecule has 1 saturated heterocycles. The third-order valence-electron chi connectivity index (χ3n) is 3.73. The fourth-order valence-electron chi connectivity index (χ4n) is 2.53. The van der Waals surface area contributed by atoms with E-state index >= 15 is 0 Å². The first-order valence-electron chi connectivity index (χ1n) is 6.84. The van der Waals surface area contributed by atoms with Crippen LogP contribution >= 0.6 is 0 Å². The molecule has 1 aromatic rings. The number of hydrogen-bond donors (Lipinski definition) is 1. The first-order valence-corrected chi connectivity index (χ1v) is 6.84. The minimum atomic E-state index is 0.00625. The van der Waals surface area contributed by atoms with Gasteiger partial charge in [-0.1, -0.05) is 37.3 Å². The number of likely N-dealkylation sites (N-methyl/N-ethyl adjacent to an activating group) is 1. The molecule has 1 aliphatic rings. The van der Waals surface area contributed by atoms with Crippen molar-refractivity contribution in [3.63, 3.8) is 0 Å². The maximum Gasteiger partial charge on any atom is 0.230 e. The van der Waals surface area contributed by atoms with Gasteiger partial charge >= 0.3 is 0 Å². The summed E-state index contributed by atoms with van der Waals surface area (Å²) >= 11 is 0. The van der Waals surface area contributed by atoms with Crippen molar-refractivity contribution >= 4 is 5.91 Å². The lowest BCUT2D eigenvalue weighted by atomic mass is 9.94. The molecule has 0 radical (unpaired) electrons. The van der Waals surface area contributed by atoms with Gasteiger partial charge in [0, 0.05) is 19.6 Å². The quantitative estimate of drug-likeness (QED) is 0.862. The second-order valence-corrected chi connectivity index (χ2v) is 4.81. The van der Waals surface area contributed by atoms with E-state index in [9.17, 15) is 4.79 Å². The molecule has 1 amide bonds. The molecule has 3 nitrogen and oxygen atoms in total. The van der Waals surface area contributed by atoms with Crippen LogP contribution in [0.4, 0.5) is 0 Å². The molecule has 2 rings (SSSR count). The number of nitrogens with zero attached hydrogens (tertiary/aromatic N) is 1. The molecule has 3 heteroatoms. The van der Waals surface area contributed by atoms with Gasteiger partial charge in [-0.2, -0.15) is 0 Å². The molecule has 1 N–H and O–H groups in total. The maximum atomic E-state index is 12.6. The lowest BCUT2D eigenvalue weighted by Crippen LogP contribution is -2.59. The van der Waals surface area contributed by atoms with Crippen LogP contribution in [0.2, 0.25) is 0 Å². The van der Waals surface area contributed by atoms with E-state index in [4.69, 9.17) is 0 Å². The van der Waals surface area contributed by atoms with E-state index in [0.29, 0.717) is 6.04 Å². The standard InChI is InChI=1S/C15H22N2O/c1-3-14(12-8-6-5-7-9-12)15(18)17(4-2)13-10-16-11-13/h5-9,13-14,16H,3-4,10-11H2,1-2H3. The van der Waals surface area contributed by atoms with Crippen LogP contribution in [0.25, 0.3) is 0 Å². The number of benzene rings is 1. The number of carbonyl (C=O) groups excluding carboxylic acids is 1. The van der Waals surface area contributed by atoms with Gasteiger partial charge in [0.15, 0.2) is 0 Å². The summed E-state index contributed by atoms with van der Waals surface area (Å²) in [6.45, 7) is 6.82. The minimum Gasteiger partial charge on any atom is -0.337 e. The number of hydrogen-bond acceptors (Lipinski definition) is 2. The fourth-order valence-corrected chi connectivity index (χ4v) is 2.53. The lowest BCUT2D eigenvalue weighted by molar-refractivity contribution is -0.136. The molecular formula is C15H22N2O. The third kappa shape index (κ3) is 2.56. The van der Waals surface area contributed by atoms with Crippen molar-refractivity contribution in [3.05, 3.63) is 35.9 Å². The number of rotatable bonds is 5. The molecule has 0 aromatic heterocycles. The van der Waals surface area contributed by atoms with Crippen LogP contribution < -0.4 is 5.32 Å². The number of nitrogens with one attached hydrogen (secondary N) is 1. The molecule has 18 heavy (non-hydrogen) atoms. The van der Waals surface area contributed by atoms with Crippen molar-refractivity contribution in [2.24, 2.45) is 0 Å². The molecule has 0 saturated carbocycles. The summed E-state index contributed by atoms with van der Waals surface area (Å²) in [5.74, 6) is 0.282. The zero-order valence-corrected chi connectivity index (χ0v) is 11.2. The Bertz CT molecular complexity index is 387. The molecule has 0 spiro atoms. The highest BCUT2D eigenvalue weighted by molar-refractivity contribution is 5.84. The number of carbonyl (C=O) groups is 1. The Kier molecular flexibility index (Phi) is 4.37. The Morgan fingerprint density at radius 2 is 2.00 bits per heavy atom. The van der Waals surface area contributed by atoms with Crippen LogP contribution in [-0.2, 0) is 4.79 Å². The summed E-state index contributed by atoms with van der Waals surface area (Å²) in [4.78, 5) is 14.7. The van der Waals surface area contributed by atoms with E-state index < -0.39 is 0 Å². The smallest absolute Gasteiger partial charge is 0.230 e. The van der Waals surface area contributed by atoms with Crippen LogP contribution in [-0.4, -0.2) is 36.5 Å². The highest BCUT2D eigenvalue weighted by Gasteiger charge is 2.31. The van der Waals surface area contributed by atoms with E-state index in [1.54, 1.807) is 0 Å². The van der Waals surface area contributed by atoms with Gasteiger partial charge in [0.05, 0.1) is 12.0 Å². The summed E-state index contributed by atoms with van der Waals surface area (Å²) in [7, 11) is 0. The van der Waals surface area contributed by atoms with Gasteiger partial charge in [0.25, 0.3) is 0 Å². The van der Waals surface area contributed by atoms with Gasteiger partial charge in [0.2, 0.25) is 5.91 Å². The monoisotopic (exact) mass is 246 g/mol. The summed E-state index contributed by atoms with van der Waals surface area (Å²) < 4.78 is 0. The average molecular weight is 246 g/mol. The minimum absolute atomic E-state index is 0.00625. The van der Waals surface area contributed by atoms with Crippen molar-refractivity contribution in [2.45, 2.75) is 32.2 Å². The van der Waals surface area contributed by atoms with Gasteiger partial charge in [-0.3, -0.25) is 4.79 Å². The van der Waals surface area contributed by atoms with Gasteiger partial charge in [0.1, 0.15) is 0 Å². The Labute approximate surface area is 109 Å². The van der Waals surface area contributed by atoms with Crippen molar-refractivity contribution in [3.8, 4) is 0 Å². The first kappa shape index (κ1) is 13.1. The zero-order valence-electron chi connectivity index (χ0n) is 11.2. The molecule has 1 heterocycles. The SMILES string of the molecule is CCC(C(=O)N(CC)C1CNC1)c1ccccc1. The summed E-state index contributed by atoms with van der Waals surface area (Å²) in [6, 6.07) is 10.5. The zero-order chi connectivity index (χ0) is 13.0. The van der Waals surface area contributed by atoms with Crippen molar-refractivity contribution in [1.29, 1.82) is 0 Å². The highest BCUT2D eigenvalue weighted by atomic mass is 16.2. The first-order chi connectivity index (χ1) is 8.77. The van der Waals surface area contributed by atoms with Crippen LogP contribution in [0.1, 0.15) is 31.7 Å². The van der Waals surface area contributed by atoms with E-state index in [1.165, 1.54) is 0 Å². The highest BCUT2D eigenvalue weighted by Crippen LogP contribution is 2.23. The van der Waals surface area contributed by atoms with Crippen LogP contribution in [0, 0.1) is 0 Å². The Balaban J connectivity index is 2.13. The van der Waals surface area contributed by atoms with Crippen LogP contribution in [0.3, 0.4) is 0 Å². The van der Waals surface area contributed by atoms with Crippen molar-refractivity contribution in [2.75, 3.05) is 19.6 Å². The second kappa shape index (κ2) is 6.01. The second-order valence-electron chi connectivity index (χ2n) is 4.81. The van der Waals surface area contributed by atoms with Crippen molar-refractivity contribution in [1.82, 2.24) is 10.2 Å².